The van der Waals surface area contributed by atoms with Crippen molar-refractivity contribution in [2.24, 2.45) is 0 Å². The van der Waals surface area contributed by atoms with Gasteiger partial charge in [-0.1, -0.05) is 6.07 Å². The maximum Gasteiger partial charge on any atom is 0.232 e. The molecule has 0 spiro atoms. The van der Waals surface area contributed by atoms with Gasteiger partial charge in [-0.2, -0.15) is 0 Å². The smallest absolute Gasteiger partial charge is 0.232 e. The molecule has 0 aliphatic heterocycles. The van der Waals surface area contributed by atoms with Crippen molar-refractivity contribution in [3.8, 4) is 0 Å². The van der Waals surface area contributed by atoms with Crippen LogP contribution in [-0.4, -0.2) is 28.3 Å². The number of anilines is 2. The van der Waals surface area contributed by atoms with Crippen molar-refractivity contribution in [2.75, 3.05) is 29.5 Å². The molecule has 1 N–H and O–H groups in total. The van der Waals surface area contributed by atoms with Crippen molar-refractivity contribution in [1.29, 1.82) is 0 Å². The molecule has 0 saturated heterocycles. The lowest BCUT2D eigenvalue weighted by Crippen LogP contribution is -2.26. The highest BCUT2D eigenvalue weighted by molar-refractivity contribution is 7.92. The maximum atomic E-state index is 11.7. The van der Waals surface area contributed by atoms with Gasteiger partial charge in [0.2, 0.25) is 10.0 Å². The average Bonchev–Trinajstić information content (AvgIpc) is 3.12. The maximum absolute atomic E-state index is 11.7. The Bertz CT molecular complexity index is 536. The second kappa shape index (κ2) is 4.80. The van der Waals surface area contributed by atoms with E-state index in [1.165, 1.54) is 29.0 Å². The molecule has 100 valence electrons. The molecule has 0 heterocycles. The van der Waals surface area contributed by atoms with Crippen LogP contribution in [0.2, 0.25) is 0 Å². The van der Waals surface area contributed by atoms with Gasteiger partial charge in [0.25, 0.3) is 0 Å². The molecule has 18 heavy (non-hydrogen) atoms. The van der Waals surface area contributed by atoms with E-state index >= 15 is 0 Å². The lowest BCUT2D eigenvalue weighted by atomic mass is 10.1. The fraction of sp³-hybridized carbons (Fsp3) is 0.538. The Labute approximate surface area is 109 Å². The molecular formula is C13H20N2O2S. The van der Waals surface area contributed by atoms with Gasteiger partial charge in [0, 0.05) is 13.6 Å². The number of hydrogen-bond donors (Lipinski definition) is 1. The second-order valence-corrected chi connectivity index (χ2v) is 6.83. The quantitative estimate of drug-likeness (QED) is 0.892. The van der Waals surface area contributed by atoms with Crippen LogP contribution in [0.5, 0.6) is 0 Å². The summed E-state index contributed by atoms with van der Waals surface area (Å²) in [5, 5.41) is 3.21. The Morgan fingerprint density at radius 1 is 1.39 bits per heavy atom. The Hall–Kier alpha value is -1.23. The third-order valence-electron chi connectivity index (χ3n) is 3.27. The first-order valence-corrected chi connectivity index (χ1v) is 8.10. The average molecular weight is 268 g/mol. The van der Waals surface area contributed by atoms with E-state index in [4.69, 9.17) is 0 Å². The van der Waals surface area contributed by atoms with Crippen molar-refractivity contribution in [3.63, 3.8) is 0 Å². The van der Waals surface area contributed by atoms with Gasteiger partial charge in [0.05, 0.1) is 17.6 Å². The summed E-state index contributed by atoms with van der Waals surface area (Å²) in [4.78, 5) is 0. The highest BCUT2D eigenvalue weighted by atomic mass is 32.2. The predicted molar refractivity (Wildman–Crippen MR) is 75.8 cm³/mol. The van der Waals surface area contributed by atoms with Crippen molar-refractivity contribution in [2.45, 2.75) is 25.7 Å². The van der Waals surface area contributed by atoms with Gasteiger partial charge in [-0.05, 0) is 43.4 Å². The molecule has 1 fully saturated rings. The number of rotatable bonds is 5. The number of sulfonamides is 1. The van der Waals surface area contributed by atoms with Gasteiger partial charge in [0.1, 0.15) is 0 Å². The van der Waals surface area contributed by atoms with Crippen LogP contribution in [0.25, 0.3) is 0 Å². The van der Waals surface area contributed by atoms with Crippen molar-refractivity contribution in [1.82, 2.24) is 0 Å². The molecule has 0 unspecified atom stereocenters. The number of nitrogens with zero attached hydrogens (tertiary/aromatic N) is 1. The SMILES string of the molecule is CCNc1ccc(C2CC2)cc1N(C)S(C)(=O)=O. The molecule has 1 saturated carbocycles. The summed E-state index contributed by atoms with van der Waals surface area (Å²) in [6, 6.07) is 6.07. The molecule has 0 aromatic heterocycles. The van der Waals surface area contributed by atoms with E-state index in [9.17, 15) is 8.42 Å². The van der Waals surface area contributed by atoms with Crippen LogP contribution < -0.4 is 9.62 Å². The summed E-state index contributed by atoms with van der Waals surface area (Å²) in [6.07, 6.45) is 3.65. The first-order chi connectivity index (χ1) is 8.43. The standard InChI is InChI=1S/C13H20N2O2S/c1-4-14-12-8-7-11(10-5-6-10)9-13(12)15(2)18(3,16)17/h7-10,14H,4-6H2,1-3H3. The Morgan fingerprint density at radius 3 is 2.56 bits per heavy atom. The molecule has 0 bridgehead atoms. The van der Waals surface area contributed by atoms with E-state index in [0.29, 0.717) is 5.92 Å². The highest BCUT2D eigenvalue weighted by Crippen LogP contribution is 2.42. The van der Waals surface area contributed by atoms with Crippen LogP contribution in [0.1, 0.15) is 31.2 Å². The van der Waals surface area contributed by atoms with Gasteiger partial charge >= 0.3 is 0 Å². The zero-order valence-electron chi connectivity index (χ0n) is 11.1. The van der Waals surface area contributed by atoms with Crippen LogP contribution in [0, 0.1) is 0 Å². The van der Waals surface area contributed by atoms with Crippen molar-refractivity contribution in [3.05, 3.63) is 23.8 Å². The van der Waals surface area contributed by atoms with Gasteiger partial charge in [-0.15, -0.1) is 0 Å². The number of hydrogen-bond acceptors (Lipinski definition) is 3. The van der Waals surface area contributed by atoms with Crippen LogP contribution in [0.4, 0.5) is 11.4 Å². The minimum atomic E-state index is -3.23. The van der Waals surface area contributed by atoms with E-state index in [0.717, 1.165) is 17.9 Å². The molecule has 0 radical (unpaired) electrons. The zero-order valence-corrected chi connectivity index (χ0v) is 11.9. The first-order valence-electron chi connectivity index (χ1n) is 6.25. The molecule has 4 nitrogen and oxygen atoms in total. The lowest BCUT2D eigenvalue weighted by molar-refractivity contribution is 0.600. The molecule has 1 aromatic carbocycles. The summed E-state index contributed by atoms with van der Waals surface area (Å²) in [5.74, 6) is 0.618. The van der Waals surface area contributed by atoms with Gasteiger partial charge in [-0.3, -0.25) is 4.31 Å². The molecule has 2 rings (SSSR count). The Kier molecular flexibility index (Phi) is 3.52. The second-order valence-electron chi connectivity index (χ2n) is 4.81. The van der Waals surface area contributed by atoms with Crippen molar-refractivity contribution < 1.29 is 8.42 Å². The summed E-state index contributed by atoms with van der Waals surface area (Å²) in [7, 11) is -1.63. The number of nitrogens with one attached hydrogen (secondary N) is 1. The third kappa shape index (κ3) is 2.77. The van der Waals surface area contributed by atoms with E-state index in [2.05, 4.69) is 11.4 Å². The molecular weight excluding hydrogens is 248 g/mol. The summed E-state index contributed by atoms with van der Waals surface area (Å²) < 4.78 is 24.7. The van der Waals surface area contributed by atoms with Gasteiger partial charge in [0.15, 0.2) is 0 Å². The van der Waals surface area contributed by atoms with E-state index in [-0.39, 0.29) is 0 Å². The van der Waals surface area contributed by atoms with Crippen LogP contribution in [0.3, 0.4) is 0 Å². The Morgan fingerprint density at radius 2 is 2.06 bits per heavy atom. The summed E-state index contributed by atoms with van der Waals surface area (Å²) in [6.45, 7) is 2.77. The van der Waals surface area contributed by atoms with Gasteiger partial charge in [-0.25, -0.2) is 8.42 Å². The van der Waals surface area contributed by atoms with E-state index in [1.807, 2.05) is 19.1 Å². The van der Waals surface area contributed by atoms with Gasteiger partial charge < -0.3 is 5.32 Å². The topological polar surface area (TPSA) is 49.4 Å². The number of benzene rings is 1. The fourth-order valence-corrected chi connectivity index (χ4v) is 2.51. The molecule has 0 amide bonds. The summed E-state index contributed by atoms with van der Waals surface area (Å²) in [5.41, 5.74) is 2.85. The fourth-order valence-electron chi connectivity index (χ4n) is 2.00. The minimum Gasteiger partial charge on any atom is -0.384 e. The largest absolute Gasteiger partial charge is 0.384 e. The van der Waals surface area contributed by atoms with E-state index < -0.39 is 10.0 Å². The highest BCUT2D eigenvalue weighted by Gasteiger charge is 2.25. The zero-order chi connectivity index (χ0) is 13.3. The summed E-state index contributed by atoms with van der Waals surface area (Å²) >= 11 is 0. The molecule has 1 aliphatic rings. The monoisotopic (exact) mass is 268 g/mol. The van der Waals surface area contributed by atoms with Crippen LogP contribution >= 0.6 is 0 Å². The molecule has 0 atom stereocenters. The Balaban J connectivity index is 2.42. The van der Waals surface area contributed by atoms with Crippen LogP contribution in [0.15, 0.2) is 18.2 Å². The predicted octanol–water partition coefficient (Wildman–Crippen LogP) is 2.39. The molecule has 1 aromatic rings. The first kappa shape index (κ1) is 13.2. The third-order valence-corrected chi connectivity index (χ3v) is 4.47. The molecule has 5 heteroatoms. The lowest BCUT2D eigenvalue weighted by Gasteiger charge is -2.21. The molecule has 1 aliphatic carbocycles. The van der Waals surface area contributed by atoms with Crippen molar-refractivity contribution >= 4 is 21.4 Å². The minimum absolute atomic E-state index is 0.618. The van der Waals surface area contributed by atoms with E-state index in [1.54, 1.807) is 7.05 Å². The van der Waals surface area contributed by atoms with Crippen LogP contribution in [-0.2, 0) is 10.0 Å². The normalized spacial score (nSPS) is 15.5.